The number of aryl methyl sites for hydroxylation is 1. The van der Waals surface area contributed by atoms with Crippen LogP contribution in [0.15, 0.2) is 28.9 Å². The average Bonchev–Trinajstić information content (AvgIpc) is 3.13. The normalized spacial score (nSPS) is 18.1. The van der Waals surface area contributed by atoms with Crippen molar-refractivity contribution in [3.8, 4) is 0 Å². The van der Waals surface area contributed by atoms with E-state index in [0.29, 0.717) is 18.2 Å². The predicted octanol–water partition coefficient (Wildman–Crippen LogP) is 2.89. The van der Waals surface area contributed by atoms with Crippen molar-refractivity contribution in [3.05, 3.63) is 41.5 Å². The molecule has 0 saturated carbocycles. The minimum absolute atomic E-state index is 0.0617. The van der Waals surface area contributed by atoms with Crippen LogP contribution in [-0.4, -0.2) is 27.1 Å². The Labute approximate surface area is 124 Å². The number of carbonyl (C=O) groups is 1. The van der Waals surface area contributed by atoms with Crippen LogP contribution < -0.4 is 0 Å². The summed E-state index contributed by atoms with van der Waals surface area (Å²) >= 11 is 0. The van der Waals surface area contributed by atoms with Crippen LogP contribution in [0.4, 0.5) is 0 Å². The fourth-order valence-electron chi connectivity index (χ4n) is 3.06. The molecule has 2 aromatic heterocycles. The highest BCUT2D eigenvalue weighted by atomic mass is 16.5. The van der Waals surface area contributed by atoms with Gasteiger partial charge < -0.3 is 14.0 Å². The molecular weight excluding hydrogens is 266 g/mol. The highest BCUT2D eigenvalue weighted by Gasteiger charge is 2.34. The van der Waals surface area contributed by atoms with E-state index in [4.69, 9.17) is 4.52 Å². The third-order valence-corrected chi connectivity index (χ3v) is 4.11. The van der Waals surface area contributed by atoms with Gasteiger partial charge in [-0.2, -0.15) is 0 Å². The van der Waals surface area contributed by atoms with Gasteiger partial charge in [0.15, 0.2) is 0 Å². The van der Waals surface area contributed by atoms with Crippen molar-refractivity contribution >= 4 is 5.91 Å². The van der Waals surface area contributed by atoms with Gasteiger partial charge >= 0.3 is 0 Å². The molecule has 0 aliphatic carbocycles. The van der Waals surface area contributed by atoms with E-state index in [1.807, 2.05) is 17.9 Å². The van der Waals surface area contributed by atoms with E-state index in [0.717, 1.165) is 18.7 Å². The summed E-state index contributed by atoms with van der Waals surface area (Å²) in [5.74, 6) is 0.627. The monoisotopic (exact) mass is 287 g/mol. The van der Waals surface area contributed by atoms with Crippen molar-refractivity contribution in [3.63, 3.8) is 0 Å². The van der Waals surface area contributed by atoms with E-state index in [-0.39, 0.29) is 11.9 Å². The second kappa shape index (κ2) is 5.39. The Balaban J connectivity index is 1.92. The summed E-state index contributed by atoms with van der Waals surface area (Å²) in [4.78, 5) is 14.7. The molecule has 0 N–H and O–H groups in total. The zero-order chi connectivity index (χ0) is 15.0. The number of hydrogen-bond donors (Lipinski definition) is 0. The summed E-state index contributed by atoms with van der Waals surface area (Å²) in [6, 6.07) is 5.98. The van der Waals surface area contributed by atoms with Crippen LogP contribution in [0.2, 0.25) is 0 Å². The number of amides is 1. The van der Waals surface area contributed by atoms with Gasteiger partial charge in [-0.15, -0.1) is 0 Å². The van der Waals surface area contributed by atoms with Crippen molar-refractivity contribution in [2.24, 2.45) is 5.92 Å². The van der Waals surface area contributed by atoms with Gasteiger partial charge in [0, 0.05) is 31.0 Å². The summed E-state index contributed by atoms with van der Waals surface area (Å²) in [6.07, 6.45) is 2.85. The molecule has 1 aliphatic rings. The summed E-state index contributed by atoms with van der Waals surface area (Å²) in [5.41, 5.74) is 2.01. The predicted molar refractivity (Wildman–Crippen MR) is 78.9 cm³/mol. The molecule has 5 heteroatoms. The first-order valence-electron chi connectivity index (χ1n) is 7.53. The molecule has 3 heterocycles. The molecule has 0 unspecified atom stereocenters. The van der Waals surface area contributed by atoms with Gasteiger partial charge in [-0.3, -0.25) is 4.79 Å². The first-order chi connectivity index (χ1) is 10.1. The van der Waals surface area contributed by atoms with Crippen molar-refractivity contribution in [2.45, 2.75) is 39.8 Å². The Hall–Kier alpha value is -2.04. The molecular formula is C16H21N3O2. The van der Waals surface area contributed by atoms with Gasteiger partial charge in [-0.25, -0.2) is 0 Å². The van der Waals surface area contributed by atoms with Crippen LogP contribution in [0, 0.1) is 5.92 Å². The largest absolute Gasteiger partial charge is 0.351 e. The second-order valence-corrected chi connectivity index (χ2v) is 5.85. The molecule has 0 aromatic carbocycles. The molecule has 21 heavy (non-hydrogen) atoms. The van der Waals surface area contributed by atoms with E-state index in [2.05, 4.69) is 35.8 Å². The van der Waals surface area contributed by atoms with E-state index in [1.54, 1.807) is 6.07 Å². The Morgan fingerprint density at radius 1 is 1.48 bits per heavy atom. The van der Waals surface area contributed by atoms with Crippen LogP contribution in [-0.2, 0) is 13.0 Å². The summed E-state index contributed by atoms with van der Waals surface area (Å²) in [6.45, 7) is 7.81. The highest BCUT2D eigenvalue weighted by Crippen LogP contribution is 2.33. The molecule has 0 fully saturated rings. The zero-order valence-corrected chi connectivity index (χ0v) is 12.7. The minimum Gasteiger partial charge on any atom is -0.351 e. The molecule has 0 bridgehead atoms. The van der Waals surface area contributed by atoms with Gasteiger partial charge in [0.1, 0.15) is 0 Å². The summed E-state index contributed by atoms with van der Waals surface area (Å²) < 4.78 is 7.45. The maximum Gasteiger partial charge on any atom is 0.293 e. The first-order valence-corrected chi connectivity index (χ1v) is 7.53. The number of nitrogens with zero attached hydrogens (tertiary/aromatic N) is 3. The van der Waals surface area contributed by atoms with Crippen LogP contribution in [0.3, 0.4) is 0 Å². The Kier molecular flexibility index (Phi) is 3.57. The van der Waals surface area contributed by atoms with Gasteiger partial charge in [0.25, 0.3) is 5.91 Å². The maximum absolute atomic E-state index is 12.8. The molecule has 1 aliphatic heterocycles. The number of fused-ring (bicyclic) bond motifs is 1. The van der Waals surface area contributed by atoms with Gasteiger partial charge in [-0.05, 0) is 24.5 Å². The van der Waals surface area contributed by atoms with Crippen LogP contribution >= 0.6 is 0 Å². The molecule has 3 rings (SSSR count). The van der Waals surface area contributed by atoms with Crippen molar-refractivity contribution < 1.29 is 9.32 Å². The third kappa shape index (κ3) is 2.37. The van der Waals surface area contributed by atoms with Crippen LogP contribution in [0.1, 0.15) is 48.8 Å². The molecule has 2 aromatic rings. The molecule has 0 spiro atoms. The molecule has 1 atom stereocenters. The average molecular weight is 287 g/mol. The summed E-state index contributed by atoms with van der Waals surface area (Å²) in [5, 5.41) is 3.93. The quantitative estimate of drug-likeness (QED) is 0.872. The van der Waals surface area contributed by atoms with E-state index in [1.165, 1.54) is 5.69 Å². The first kappa shape index (κ1) is 13.9. The Bertz CT molecular complexity index is 641. The minimum atomic E-state index is -0.0617. The van der Waals surface area contributed by atoms with Crippen molar-refractivity contribution in [1.82, 2.24) is 14.6 Å². The Morgan fingerprint density at radius 3 is 2.95 bits per heavy atom. The van der Waals surface area contributed by atoms with E-state index < -0.39 is 0 Å². The zero-order valence-electron chi connectivity index (χ0n) is 12.7. The fourth-order valence-corrected chi connectivity index (χ4v) is 3.06. The number of aromatic nitrogens is 2. The maximum atomic E-state index is 12.8. The molecule has 0 saturated heterocycles. The lowest BCUT2D eigenvalue weighted by molar-refractivity contribution is 0.0515. The van der Waals surface area contributed by atoms with Gasteiger partial charge in [-0.1, -0.05) is 25.9 Å². The lowest BCUT2D eigenvalue weighted by Gasteiger charge is -2.38. The molecule has 5 nitrogen and oxygen atoms in total. The van der Waals surface area contributed by atoms with Crippen LogP contribution in [0.25, 0.3) is 0 Å². The van der Waals surface area contributed by atoms with E-state index in [9.17, 15) is 4.79 Å². The molecule has 112 valence electrons. The lowest BCUT2D eigenvalue weighted by Crippen LogP contribution is -2.43. The lowest BCUT2D eigenvalue weighted by atomic mass is 9.97. The smallest absolute Gasteiger partial charge is 0.293 e. The topological polar surface area (TPSA) is 51.3 Å². The number of hydrogen-bond acceptors (Lipinski definition) is 3. The van der Waals surface area contributed by atoms with Crippen molar-refractivity contribution in [2.75, 3.05) is 6.54 Å². The standard InChI is InChI=1S/C16H21N3O2/c1-4-12-10-14(21-17-12)16(20)19-9-8-18-7-5-6-13(18)15(19)11(2)3/h5-7,10-11,15H,4,8-9H2,1-3H3/t15-/m0/s1. The number of carbonyl (C=O) groups excluding carboxylic acids is 1. The second-order valence-electron chi connectivity index (χ2n) is 5.85. The molecule has 1 amide bonds. The molecule has 0 radical (unpaired) electrons. The fraction of sp³-hybridized carbons (Fsp3) is 0.500. The van der Waals surface area contributed by atoms with Crippen LogP contribution in [0.5, 0.6) is 0 Å². The van der Waals surface area contributed by atoms with Crippen molar-refractivity contribution in [1.29, 1.82) is 0 Å². The van der Waals surface area contributed by atoms with Gasteiger partial charge in [0.05, 0.1) is 11.7 Å². The van der Waals surface area contributed by atoms with E-state index >= 15 is 0 Å². The highest BCUT2D eigenvalue weighted by molar-refractivity contribution is 5.91. The number of rotatable bonds is 3. The SMILES string of the molecule is CCc1cc(C(=O)N2CCn3cccc3[C@@H]2C(C)C)on1. The summed E-state index contributed by atoms with van der Waals surface area (Å²) in [7, 11) is 0. The third-order valence-electron chi connectivity index (χ3n) is 4.11. The Morgan fingerprint density at radius 2 is 2.29 bits per heavy atom. The van der Waals surface area contributed by atoms with Gasteiger partial charge in [0.2, 0.25) is 5.76 Å².